The largest absolute Gasteiger partial charge is 0.245 e. The zero-order valence-corrected chi connectivity index (χ0v) is 10.8. The molecular formula is C14H10ClNS. The van der Waals surface area contributed by atoms with Crippen molar-refractivity contribution in [3.8, 4) is 11.1 Å². The van der Waals surface area contributed by atoms with Gasteiger partial charge in [-0.15, -0.1) is 11.3 Å². The molecule has 0 bridgehead atoms. The lowest BCUT2D eigenvalue weighted by molar-refractivity contribution is 1.45. The lowest BCUT2D eigenvalue weighted by Gasteiger charge is -2.01. The van der Waals surface area contributed by atoms with Gasteiger partial charge in [-0.25, -0.2) is 4.98 Å². The van der Waals surface area contributed by atoms with Crippen LogP contribution in [0.25, 0.3) is 21.3 Å². The third-order valence-electron chi connectivity index (χ3n) is 2.78. The Kier molecular flexibility index (Phi) is 2.61. The van der Waals surface area contributed by atoms with Crippen molar-refractivity contribution in [3.05, 3.63) is 52.5 Å². The summed E-state index contributed by atoms with van der Waals surface area (Å²) < 4.78 is 0. The fraction of sp³-hybridized carbons (Fsp3) is 0.0714. The van der Waals surface area contributed by atoms with Crippen LogP contribution in [0.2, 0.25) is 5.02 Å². The van der Waals surface area contributed by atoms with Crippen LogP contribution in [0, 0.1) is 6.92 Å². The van der Waals surface area contributed by atoms with Gasteiger partial charge in [-0.2, -0.15) is 0 Å². The predicted molar refractivity (Wildman–Crippen MR) is 74.8 cm³/mol. The normalized spacial score (nSPS) is 10.9. The molecule has 0 atom stereocenters. The van der Waals surface area contributed by atoms with Gasteiger partial charge in [0.15, 0.2) is 0 Å². The number of halogens is 1. The number of hydrogen-bond donors (Lipinski definition) is 0. The Balaban J connectivity index is 2.29. The van der Waals surface area contributed by atoms with Gasteiger partial charge in [0.25, 0.3) is 0 Å². The van der Waals surface area contributed by atoms with E-state index in [9.17, 15) is 0 Å². The van der Waals surface area contributed by atoms with Crippen LogP contribution in [-0.2, 0) is 0 Å². The first-order valence-corrected chi connectivity index (χ1v) is 6.55. The van der Waals surface area contributed by atoms with Crippen LogP contribution in [0.5, 0.6) is 0 Å². The zero-order chi connectivity index (χ0) is 11.8. The van der Waals surface area contributed by atoms with Gasteiger partial charge in [-0.3, -0.25) is 0 Å². The molecule has 0 spiro atoms. The molecule has 3 heteroatoms. The van der Waals surface area contributed by atoms with Gasteiger partial charge in [0.1, 0.15) is 4.83 Å². The molecule has 2 heterocycles. The summed E-state index contributed by atoms with van der Waals surface area (Å²) in [6.07, 6.45) is 1.84. The summed E-state index contributed by atoms with van der Waals surface area (Å²) in [4.78, 5) is 6.78. The molecule has 0 saturated heterocycles. The van der Waals surface area contributed by atoms with E-state index < -0.39 is 0 Å². The molecule has 84 valence electrons. The van der Waals surface area contributed by atoms with Gasteiger partial charge in [0, 0.05) is 27.0 Å². The SMILES string of the molecule is Cc1sc2ncccc2c1-c1ccc(Cl)cc1. The number of benzene rings is 1. The van der Waals surface area contributed by atoms with E-state index in [2.05, 4.69) is 30.1 Å². The topological polar surface area (TPSA) is 12.9 Å². The molecule has 0 radical (unpaired) electrons. The Morgan fingerprint density at radius 1 is 1.12 bits per heavy atom. The summed E-state index contributed by atoms with van der Waals surface area (Å²) in [5.74, 6) is 0. The highest BCUT2D eigenvalue weighted by Gasteiger charge is 2.10. The summed E-state index contributed by atoms with van der Waals surface area (Å²) >= 11 is 7.66. The average Bonchev–Trinajstić information content (AvgIpc) is 2.66. The molecule has 0 amide bonds. The summed E-state index contributed by atoms with van der Waals surface area (Å²) in [5, 5.41) is 1.99. The van der Waals surface area contributed by atoms with Crippen molar-refractivity contribution >= 4 is 33.2 Å². The monoisotopic (exact) mass is 259 g/mol. The standard InChI is InChI=1S/C14H10ClNS/c1-9-13(10-4-6-11(15)7-5-10)12-3-2-8-16-14(12)17-9/h2-8H,1H3. The molecule has 1 aromatic carbocycles. The molecule has 1 nitrogen and oxygen atoms in total. The van der Waals surface area contributed by atoms with Crippen molar-refractivity contribution in [1.29, 1.82) is 0 Å². The number of rotatable bonds is 1. The van der Waals surface area contributed by atoms with E-state index in [4.69, 9.17) is 11.6 Å². The molecule has 0 fully saturated rings. The van der Waals surface area contributed by atoms with Crippen LogP contribution in [0.15, 0.2) is 42.6 Å². The lowest BCUT2D eigenvalue weighted by Crippen LogP contribution is -1.78. The number of hydrogen-bond acceptors (Lipinski definition) is 2. The van der Waals surface area contributed by atoms with Crippen LogP contribution in [-0.4, -0.2) is 4.98 Å². The first-order chi connectivity index (χ1) is 8.25. The van der Waals surface area contributed by atoms with Crippen molar-refractivity contribution in [2.45, 2.75) is 6.92 Å². The second-order valence-electron chi connectivity index (χ2n) is 3.90. The number of nitrogens with zero attached hydrogens (tertiary/aromatic N) is 1. The number of aryl methyl sites for hydroxylation is 1. The summed E-state index contributed by atoms with van der Waals surface area (Å²) in [7, 11) is 0. The molecule has 0 aliphatic carbocycles. The number of fused-ring (bicyclic) bond motifs is 1. The smallest absolute Gasteiger partial charge is 0.124 e. The predicted octanol–water partition coefficient (Wildman–Crippen LogP) is 4.93. The van der Waals surface area contributed by atoms with Crippen molar-refractivity contribution in [3.63, 3.8) is 0 Å². The van der Waals surface area contributed by atoms with E-state index in [1.165, 1.54) is 21.4 Å². The maximum Gasteiger partial charge on any atom is 0.124 e. The molecule has 3 aromatic rings. The summed E-state index contributed by atoms with van der Waals surface area (Å²) in [6, 6.07) is 12.1. The van der Waals surface area contributed by atoms with E-state index in [0.29, 0.717) is 0 Å². The Hall–Kier alpha value is -1.38. The minimum atomic E-state index is 0.768. The maximum absolute atomic E-state index is 5.92. The van der Waals surface area contributed by atoms with E-state index in [-0.39, 0.29) is 0 Å². The van der Waals surface area contributed by atoms with Crippen molar-refractivity contribution < 1.29 is 0 Å². The number of thiophene rings is 1. The van der Waals surface area contributed by atoms with E-state index >= 15 is 0 Å². The van der Waals surface area contributed by atoms with Crippen molar-refractivity contribution in [2.75, 3.05) is 0 Å². The quantitative estimate of drug-likeness (QED) is 0.604. The Labute approximate surface area is 109 Å². The maximum atomic E-state index is 5.92. The van der Waals surface area contributed by atoms with Crippen LogP contribution in [0.3, 0.4) is 0 Å². The zero-order valence-electron chi connectivity index (χ0n) is 9.27. The second-order valence-corrected chi connectivity index (χ2v) is 5.54. The molecule has 0 saturated carbocycles. The fourth-order valence-corrected chi connectivity index (χ4v) is 3.16. The van der Waals surface area contributed by atoms with E-state index in [0.717, 1.165) is 9.85 Å². The third kappa shape index (κ3) is 1.84. The van der Waals surface area contributed by atoms with Gasteiger partial charge in [0.2, 0.25) is 0 Å². The van der Waals surface area contributed by atoms with Crippen LogP contribution in [0.1, 0.15) is 4.88 Å². The highest BCUT2D eigenvalue weighted by molar-refractivity contribution is 7.19. The van der Waals surface area contributed by atoms with E-state index in [1.807, 2.05) is 24.4 Å². The second kappa shape index (κ2) is 4.13. The minimum absolute atomic E-state index is 0.768. The molecule has 2 aromatic heterocycles. The molecule has 3 rings (SSSR count). The number of pyridine rings is 1. The van der Waals surface area contributed by atoms with Gasteiger partial charge in [-0.05, 0) is 36.8 Å². The molecule has 0 aliphatic rings. The lowest BCUT2D eigenvalue weighted by atomic mass is 10.0. The highest BCUT2D eigenvalue weighted by atomic mass is 35.5. The molecule has 17 heavy (non-hydrogen) atoms. The van der Waals surface area contributed by atoms with Crippen LogP contribution >= 0.6 is 22.9 Å². The van der Waals surface area contributed by atoms with Crippen molar-refractivity contribution in [2.24, 2.45) is 0 Å². The Morgan fingerprint density at radius 3 is 2.65 bits per heavy atom. The van der Waals surface area contributed by atoms with Gasteiger partial charge in [0.05, 0.1) is 0 Å². The molecule has 0 aliphatic heterocycles. The summed E-state index contributed by atoms with van der Waals surface area (Å²) in [6.45, 7) is 2.14. The van der Waals surface area contributed by atoms with Crippen LogP contribution in [0.4, 0.5) is 0 Å². The summed E-state index contributed by atoms with van der Waals surface area (Å²) in [5.41, 5.74) is 2.47. The van der Waals surface area contributed by atoms with Crippen LogP contribution < -0.4 is 0 Å². The third-order valence-corrected chi connectivity index (χ3v) is 4.06. The molecular weight excluding hydrogens is 250 g/mol. The number of aromatic nitrogens is 1. The Bertz CT molecular complexity index is 670. The average molecular weight is 260 g/mol. The highest BCUT2D eigenvalue weighted by Crippen LogP contribution is 2.37. The fourth-order valence-electron chi connectivity index (χ4n) is 2.02. The first kappa shape index (κ1) is 10.8. The first-order valence-electron chi connectivity index (χ1n) is 5.36. The molecule has 0 N–H and O–H groups in total. The van der Waals surface area contributed by atoms with Crippen molar-refractivity contribution in [1.82, 2.24) is 4.98 Å². The molecule has 0 unspecified atom stereocenters. The van der Waals surface area contributed by atoms with Gasteiger partial charge < -0.3 is 0 Å². The van der Waals surface area contributed by atoms with E-state index in [1.54, 1.807) is 11.3 Å². The van der Waals surface area contributed by atoms with Gasteiger partial charge >= 0.3 is 0 Å². The minimum Gasteiger partial charge on any atom is -0.245 e. The van der Waals surface area contributed by atoms with Gasteiger partial charge in [-0.1, -0.05) is 23.7 Å². The Morgan fingerprint density at radius 2 is 1.88 bits per heavy atom.